The van der Waals surface area contributed by atoms with Crippen molar-refractivity contribution in [2.45, 2.75) is 31.5 Å². The molecule has 28 heavy (non-hydrogen) atoms. The lowest BCUT2D eigenvalue weighted by Gasteiger charge is -2.26. The second kappa shape index (κ2) is 7.18. The van der Waals surface area contributed by atoms with Crippen LogP contribution in [0.3, 0.4) is 0 Å². The van der Waals surface area contributed by atoms with Crippen LogP contribution in [0.15, 0.2) is 55.0 Å². The number of hydrogen-bond acceptors (Lipinski definition) is 5. The maximum Gasteiger partial charge on any atom is 0.162 e. The summed E-state index contributed by atoms with van der Waals surface area (Å²) in [6.45, 7) is 0.304. The third-order valence-corrected chi connectivity index (χ3v) is 5.26. The molecule has 0 amide bonds. The Morgan fingerprint density at radius 3 is 2.93 bits per heavy atom. The Balaban J connectivity index is 1.41. The first-order valence-electron chi connectivity index (χ1n) is 9.51. The molecule has 5 rings (SSSR count). The number of hydrogen-bond donors (Lipinski definition) is 2. The van der Waals surface area contributed by atoms with E-state index in [0.717, 1.165) is 46.4 Å². The van der Waals surface area contributed by atoms with Crippen LogP contribution in [-0.4, -0.2) is 42.8 Å². The second-order valence-corrected chi connectivity index (χ2v) is 7.16. The summed E-state index contributed by atoms with van der Waals surface area (Å²) < 4.78 is 7.52. The number of aliphatic hydroxyl groups is 1. The lowest BCUT2D eigenvalue weighted by atomic mass is 9.96. The summed E-state index contributed by atoms with van der Waals surface area (Å²) in [4.78, 5) is 4.56. The number of nitrogens with one attached hydrogen (secondary N) is 1. The predicted molar refractivity (Wildman–Crippen MR) is 105 cm³/mol. The Morgan fingerprint density at radius 2 is 2.14 bits per heavy atom. The van der Waals surface area contributed by atoms with Gasteiger partial charge < -0.3 is 9.84 Å². The molecule has 0 spiro atoms. The second-order valence-electron chi connectivity index (χ2n) is 7.16. The van der Waals surface area contributed by atoms with Crippen LogP contribution in [-0.2, 0) is 4.74 Å². The normalized spacial score (nSPS) is 15.6. The number of rotatable bonds is 6. The summed E-state index contributed by atoms with van der Waals surface area (Å²) in [6.07, 6.45) is 8.23. The number of ether oxygens (including phenoxy) is 1. The van der Waals surface area contributed by atoms with Gasteiger partial charge in [0, 0.05) is 28.9 Å². The summed E-state index contributed by atoms with van der Waals surface area (Å²) in [5.74, 6) is 0. The van der Waals surface area contributed by atoms with Crippen molar-refractivity contribution in [2.75, 3.05) is 6.61 Å². The van der Waals surface area contributed by atoms with E-state index in [2.05, 4.69) is 20.3 Å². The third kappa shape index (κ3) is 3.19. The minimum atomic E-state index is -0.676. The number of pyridine rings is 1. The molecule has 0 aliphatic heterocycles. The molecule has 7 nitrogen and oxygen atoms in total. The average molecular weight is 375 g/mol. The van der Waals surface area contributed by atoms with Crippen molar-refractivity contribution in [3.8, 4) is 16.9 Å². The fraction of sp³-hybridized carbons (Fsp3) is 0.286. The highest BCUT2D eigenvalue weighted by Crippen LogP contribution is 2.26. The van der Waals surface area contributed by atoms with Gasteiger partial charge in [-0.25, -0.2) is 9.67 Å². The number of benzene rings is 1. The van der Waals surface area contributed by atoms with Crippen LogP contribution < -0.4 is 0 Å². The smallest absolute Gasteiger partial charge is 0.162 e. The van der Waals surface area contributed by atoms with Gasteiger partial charge in [-0.2, -0.15) is 10.2 Å². The fourth-order valence-electron chi connectivity index (χ4n) is 3.39. The van der Waals surface area contributed by atoms with Crippen LogP contribution in [0.4, 0.5) is 0 Å². The molecule has 0 saturated heterocycles. The quantitative estimate of drug-likeness (QED) is 0.539. The van der Waals surface area contributed by atoms with E-state index in [9.17, 15) is 5.11 Å². The Morgan fingerprint density at radius 1 is 1.21 bits per heavy atom. The highest BCUT2D eigenvalue weighted by molar-refractivity contribution is 5.77. The average Bonchev–Trinajstić information content (AvgIpc) is 3.36. The summed E-state index contributed by atoms with van der Waals surface area (Å²) >= 11 is 0. The molecule has 2 N–H and O–H groups in total. The Bertz CT molecular complexity index is 1090. The van der Waals surface area contributed by atoms with Crippen LogP contribution in [0.1, 0.15) is 30.9 Å². The lowest BCUT2D eigenvalue weighted by Crippen LogP contribution is -2.24. The first-order valence-corrected chi connectivity index (χ1v) is 9.51. The van der Waals surface area contributed by atoms with Crippen molar-refractivity contribution in [3.63, 3.8) is 0 Å². The van der Waals surface area contributed by atoms with E-state index in [1.165, 1.54) is 6.42 Å². The van der Waals surface area contributed by atoms with Crippen molar-refractivity contribution in [1.29, 1.82) is 0 Å². The standard InChI is InChI=1S/C21H21N5O2/c27-20(13-28-18-5-2-6-18)15-9-16-12-24-26(21(16)22-11-15)17-4-1-3-14(10-17)19-7-8-23-25-19/h1,3-4,7-12,18,20,27H,2,5-6,13H2,(H,23,25)/t20-/m1/s1. The van der Waals surface area contributed by atoms with Gasteiger partial charge in [0.2, 0.25) is 0 Å². The van der Waals surface area contributed by atoms with Crippen molar-refractivity contribution in [3.05, 3.63) is 60.6 Å². The number of aliphatic hydroxyl groups excluding tert-OH is 1. The molecule has 0 unspecified atom stereocenters. The molecule has 4 aromatic rings. The van der Waals surface area contributed by atoms with Crippen LogP contribution in [0.25, 0.3) is 28.0 Å². The summed E-state index contributed by atoms with van der Waals surface area (Å²) in [6, 6.07) is 11.9. The molecule has 0 radical (unpaired) electrons. The van der Waals surface area contributed by atoms with Crippen LogP contribution in [0.2, 0.25) is 0 Å². The summed E-state index contributed by atoms with van der Waals surface area (Å²) in [5, 5.41) is 22.8. The third-order valence-electron chi connectivity index (χ3n) is 5.26. The molecule has 1 atom stereocenters. The van der Waals surface area contributed by atoms with Crippen molar-refractivity contribution in [1.82, 2.24) is 25.0 Å². The molecular formula is C21H21N5O2. The first-order chi connectivity index (χ1) is 13.8. The van der Waals surface area contributed by atoms with E-state index in [1.54, 1.807) is 23.3 Å². The Labute approximate surface area is 162 Å². The van der Waals surface area contributed by atoms with Crippen molar-refractivity contribution < 1.29 is 9.84 Å². The van der Waals surface area contributed by atoms with Gasteiger partial charge in [0.25, 0.3) is 0 Å². The molecule has 3 aromatic heterocycles. The Kier molecular flexibility index (Phi) is 4.38. The molecule has 1 aliphatic carbocycles. The summed E-state index contributed by atoms with van der Waals surface area (Å²) in [7, 11) is 0. The SMILES string of the molecule is O[C@H](COC1CCC1)c1cnc2c(cnn2-c2cccc(-c3ccn[nH]3)c2)c1. The predicted octanol–water partition coefficient (Wildman–Crippen LogP) is 3.41. The van der Waals surface area contributed by atoms with E-state index in [4.69, 9.17) is 4.74 Å². The maximum absolute atomic E-state index is 10.4. The molecule has 0 bridgehead atoms. The van der Waals surface area contributed by atoms with E-state index in [-0.39, 0.29) is 0 Å². The zero-order valence-corrected chi connectivity index (χ0v) is 15.3. The van der Waals surface area contributed by atoms with Gasteiger partial charge in [-0.05, 0) is 43.5 Å². The minimum absolute atomic E-state index is 0.302. The van der Waals surface area contributed by atoms with Crippen molar-refractivity contribution in [2.24, 2.45) is 0 Å². The zero-order chi connectivity index (χ0) is 18.9. The van der Waals surface area contributed by atoms with Crippen LogP contribution >= 0.6 is 0 Å². The topological polar surface area (TPSA) is 88.8 Å². The molecule has 1 fully saturated rings. The number of H-pyrrole nitrogens is 1. The van der Waals surface area contributed by atoms with Gasteiger partial charge in [0.05, 0.1) is 30.3 Å². The molecule has 7 heteroatoms. The van der Waals surface area contributed by atoms with E-state index < -0.39 is 6.10 Å². The number of fused-ring (bicyclic) bond motifs is 1. The summed E-state index contributed by atoms with van der Waals surface area (Å²) in [5.41, 5.74) is 4.38. The highest BCUT2D eigenvalue weighted by atomic mass is 16.5. The Hall–Kier alpha value is -3.03. The number of nitrogens with zero attached hydrogens (tertiary/aromatic N) is 4. The highest BCUT2D eigenvalue weighted by Gasteiger charge is 2.20. The number of aromatic nitrogens is 5. The van der Waals surface area contributed by atoms with E-state index in [0.29, 0.717) is 12.7 Å². The van der Waals surface area contributed by atoms with E-state index >= 15 is 0 Å². The molecule has 142 valence electrons. The molecule has 1 saturated carbocycles. The first kappa shape index (κ1) is 17.1. The zero-order valence-electron chi connectivity index (χ0n) is 15.3. The van der Waals surface area contributed by atoms with Gasteiger partial charge in [-0.15, -0.1) is 0 Å². The van der Waals surface area contributed by atoms with Gasteiger partial charge in [-0.1, -0.05) is 12.1 Å². The van der Waals surface area contributed by atoms with Gasteiger partial charge in [-0.3, -0.25) is 5.10 Å². The largest absolute Gasteiger partial charge is 0.386 e. The fourth-order valence-corrected chi connectivity index (χ4v) is 3.39. The van der Waals surface area contributed by atoms with Crippen molar-refractivity contribution >= 4 is 11.0 Å². The minimum Gasteiger partial charge on any atom is -0.386 e. The molecular weight excluding hydrogens is 354 g/mol. The molecule has 3 heterocycles. The van der Waals surface area contributed by atoms with Gasteiger partial charge in [0.15, 0.2) is 5.65 Å². The molecule has 1 aromatic carbocycles. The maximum atomic E-state index is 10.4. The molecule has 1 aliphatic rings. The van der Waals surface area contributed by atoms with Crippen LogP contribution in [0, 0.1) is 0 Å². The van der Waals surface area contributed by atoms with Gasteiger partial charge >= 0.3 is 0 Å². The van der Waals surface area contributed by atoms with E-state index in [1.807, 2.05) is 36.4 Å². The monoisotopic (exact) mass is 375 g/mol. The number of aromatic amines is 1. The van der Waals surface area contributed by atoms with Gasteiger partial charge in [0.1, 0.15) is 6.10 Å². The van der Waals surface area contributed by atoms with Crippen LogP contribution in [0.5, 0.6) is 0 Å². The lowest BCUT2D eigenvalue weighted by molar-refractivity contribution is -0.0427.